The summed E-state index contributed by atoms with van der Waals surface area (Å²) in [6.45, 7) is 1.69. The van der Waals surface area contributed by atoms with Gasteiger partial charge >= 0.3 is 6.18 Å². The molecular weight excluding hydrogens is 289 g/mol. The molecule has 2 aromatic carbocycles. The minimum atomic E-state index is -4.47. The number of halogens is 4. The lowest BCUT2D eigenvalue weighted by Gasteiger charge is -2.09. The monoisotopic (exact) mass is 298 g/mol. The minimum Gasteiger partial charge on any atom is -0.289 e. The van der Waals surface area contributed by atoms with E-state index in [-0.39, 0.29) is 5.56 Å². The van der Waals surface area contributed by atoms with Crippen molar-refractivity contribution in [3.63, 3.8) is 0 Å². The van der Waals surface area contributed by atoms with Gasteiger partial charge in [-0.05, 0) is 42.8 Å². The number of hydrogen-bond donors (Lipinski definition) is 0. The quantitative estimate of drug-likeness (QED) is 0.721. The first kappa shape index (κ1) is 14.6. The van der Waals surface area contributed by atoms with Crippen molar-refractivity contribution in [2.75, 3.05) is 0 Å². The lowest BCUT2D eigenvalue weighted by molar-refractivity contribution is -0.137. The third-order valence-electron chi connectivity index (χ3n) is 2.89. The van der Waals surface area contributed by atoms with Crippen LogP contribution in [0, 0.1) is 6.92 Å². The molecule has 0 radical (unpaired) electrons. The first-order chi connectivity index (χ1) is 9.29. The molecule has 0 atom stereocenters. The van der Waals surface area contributed by atoms with Crippen LogP contribution in [0.2, 0.25) is 5.02 Å². The summed E-state index contributed by atoms with van der Waals surface area (Å²) < 4.78 is 37.9. The van der Waals surface area contributed by atoms with Crippen LogP contribution in [-0.2, 0) is 6.18 Å². The Morgan fingerprint density at radius 1 is 1.10 bits per heavy atom. The molecule has 0 aliphatic heterocycles. The van der Waals surface area contributed by atoms with Gasteiger partial charge in [-0.2, -0.15) is 13.2 Å². The van der Waals surface area contributed by atoms with Crippen molar-refractivity contribution in [3.05, 3.63) is 69.7 Å². The second-order valence-corrected chi connectivity index (χ2v) is 4.80. The van der Waals surface area contributed by atoms with E-state index >= 15 is 0 Å². The van der Waals surface area contributed by atoms with Gasteiger partial charge < -0.3 is 0 Å². The molecule has 104 valence electrons. The molecule has 0 aliphatic rings. The molecule has 20 heavy (non-hydrogen) atoms. The SMILES string of the molecule is Cc1cc(Cl)ccc1C(=O)c1cccc(C(F)(F)F)c1. The zero-order valence-corrected chi connectivity index (χ0v) is 11.2. The van der Waals surface area contributed by atoms with Gasteiger partial charge in [0.05, 0.1) is 5.56 Å². The zero-order valence-electron chi connectivity index (χ0n) is 10.5. The molecule has 1 nitrogen and oxygen atoms in total. The van der Waals surface area contributed by atoms with Gasteiger partial charge in [-0.1, -0.05) is 23.7 Å². The highest BCUT2D eigenvalue weighted by molar-refractivity contribution is 6.30. The van der Waals surface area contributed by atoms with E-state index in [1.54, 1.807) is 13.0 Å². The highest BCUT2D eigenvalue weighted by atomic mass is 35.5. The third-order valence-corrected chi connectivity index (χ3v) is 3.12. The summed E-state index contributed by atoms with van der Waals surface area (Å²) in [6.07, 6.45) is -4.47. The Kier molecular flexibility index (Phi) is 3.86. The fourth-order valence-corrected chi connectivity index (χ4v) is 2.10. The summed E-state index contributed by atoms with van der Waals surface area (Å²) in [6, 6.07) is 9.03. The van der Waals surface area contributed by atoms with Crippen LogP contribution >= 0.6 is 11.6 Å². The number of benzene rings is 2. The van der Waals surface area contributed by atoms with Gasteiger partial charge in [0.25, 0.3) is 0 Å². The molecule has 2 rings (SSSR count). The van der Waals surface area contributed by atoms with E-state index in [2.05, 4.69) is 0 Å². The first-order valence-electron chi connectivity index (χ1n) is 5.77. The van der Waals surface area contributed by atoms with Crippen LogP contribution in [0.3, 0.4) is 0 Å². The van der Waals surface area contributed by atoms with Crippen LogP contribution in [0.15, 0.2) is 42.5 Å². The second-order valence-electron chi connectivity index (χ2n) is 4.37. The maximum absolute atomic E-state index is 12.6. The van der Waals surface area contributed by atoms with Crippen molar-refractivity contribution >= 4 is 17.4 Å². The minimum absolute atomic E-state index is 0.00486. The lowest BCUT2D eigenvalue weighted by Crippen LogP contribution is -2.09. The van der Waals surface area contributed by atoms with Crippen LogP contribution in [0.5, 0.6) is 0 Å². The molecule has 0 spiro atoms. The zero-order chi connectivity index (χ0) is 14.9. The average Bonchev–Trinajstić information content (AvgIpc) is 2.37. The summed E-state index contributed by atoms with van der Waals surface area (Å²) in [5.41, 5.74) is 0.133. The fourth-order valence-electron chi connectivity index (χ4n) is 1.87. The number of carbonyl (C=O) groups excluding carboxylic acids is 1. The van der Waals surface area contributed by atoms with Gasteiger partial charge in [0.2, 0.25) is 0 Å². The predicted molar refractivity (Wildman–Crippen MR) is 71.1 cm³/mol. The molecule has 0 bridgehead atoms. The maximum Gasteiger partial charge on any atom is 0.416 e. The lowest BCUT2D eigenvalue weighted by atomic mass is 9.98. The summed E-state index contributed by atoms with van der Waals surface area (Å²) in [5.74, 6) is -0.453. The van der Waals surface area contributed by atoms with Crippen LogP contribution < -0.4 is 0 Å². The first-order valence-corrected chi connectivity index (χ1v) is 6.15. The number of aryl methyl sites for hydroxylation is 1. The van der Waals surface area contributed by atoms with Gasteiger partial charge in [-0.15, -0.1) is 0 Å². The standard InChI is InChI=1S/C15H10ClF3O/c1-9-7-12(16)5-6-13(9)14(20)10-3-2-4-11(8-10)15(17,18)19/h2-8H,1H3. The highest BCUT2D eigenvalue weighted by Gasteiger charge is 2.31. The molecular formula is C15H10ClF3O. The van der Waals surface area contributed by atoms with E-state index in [4.69, 9.17) is 11.6 Å². The molecule has 0 heterocycles. The van der Waals surface area contributed by atoms with Crippen molar-refractivity contribution < 1.29 is 18.0 Å². The highest BCUT2D eigenvalue weighted by Crippen LogP contribution is 2.30. The van der Waals surface area contributed by atoms with Crippen molar-refractivity contribution in [2.24, 2.45) is 0 Å². The molecule has 0 saturated heterocycles. The number of alkyl halides is 3. The van der Waals surface area contributed by atoms with E-state index in [1.807, 2.05) is 0 Å². The van der Waals surface area contributed by atoms with Gasteiger partial charge in [-0.3, -0.25) is 4.79 Å². The Balaban J connectivity index is 2.44. The van der Waals surface area contributed by atoms with E-state index in [1.165, 1.54) is 24.3 Å². The Morgan fingerprint density at radius 3 is 2.40 bits per heavy atom. The van der Waals surface area contributed by atoms with E-state index < -0.39 is 17.5 Å². The normalized spacial score (nSPS) is 11.4. The Hall–Kier alpha value is -1.81. The summed E-state index contributed by atoms with van der Waals surface area (Å²) in [7, 11) is 0. The summed E-state index contributed by atoms with van der Waals surface area (Å²) in [4.78, 5) is 12.2. The molecule has 0 aliphatic carbocycles. The largest absolute Gasteiger partial charge is 0.416 e. The van der Waals surface area contributed by atoms with E-state index in [0.717, 1.165) is 12.1 Å². The maximum atomic E-state index is 12.6. The molecule has 0 unspecified atom stereocenters. The number of carbonyl (C=O) groups is 1. The van der Waals surface area contributed by atoms with E-state index in [9.17, 15) is 18.0 Å². The third kappa shape index (κ3) is 3.02. The molecule has 0 N–H and O–H groups in total. The van der Waals surface area contributed by atoms with E-state index in [0.29, 0.717) is 16.1 Å². The van der Waals surface area contributed by atoms with Crippen molar-refractivity contribution in [1.82, 2.24) is 0 Å². The van der Waals surface area contributed by atoms with Gasteiger partial charge in [-0.25, -0.2) is 0 Å². The second kappa shape index (κ2) is 5.29. The molecule has 0 aromatic heterocycles. The average molecular weight is 299 g/mol. The van der Waals surface area contributed by atoms with Gasteiger partial charge in [0.15, 0.2) is 5.78 Å². The molecule has 2 aromatic rings. The molecule has 0 saturated carbocycles. The smallest absolute Gasteiger partial charge is 0.289 e. The van der Waals surface area contributed by atoms with Crippen molar-refractivity contribution in [2.45, 2.75) is 13.1 Å². The van der Waals surface area contributed by atoms with Crippen LogP contribution in [0.25, 0.3) is 0 Å². The Bertz CT molecular complexity index is 662. The predicted octanol–water partition coefficient (Wildman–Crippen LogP) is 4.90. The van der Waals surface area contributed by atoms with Crippen molar-refractivity contribution in [1.29, 1.82) is 0 Å². The molecule has 0 fully saturated rings. The fraction of sp³-hybridized carbons (Fsp3) is 0.133. The van der Waals surface area contributed by atoms with Gasteiger partial charge in [0.1, 0.15) is 0 Å². The van der Waals surface area contributed by atoms with Crippen LogP contribution in [0.4, 0.5) is 13.2 Å². The molecule has 5 heteroatoms. The molecule has 0 amide bonds. The summed E-state index contributed by atoms with van der Waals surface area (Å²) >= 11 is 5.79. The number of rotatable bonds is 2. The topological polar surface area (TPSA) is 17.1 Å². The number of ketones is 1. The van der Waals surface area contributed by atoms with Gasteiger partial charge in [0, 0.05) is 16.1 Å². The summed E-state index contributed by atoms with van der Waals surface area (Å²) in [5, 5.41) is 0.475. The van der Waals surface area contributed by atoms with Crippen LogP contribution in [0.1, 0.15) is 27.0 Å². The van der Waals surface area contributed by atoms with Crippen LogP contribution in [-0.4, -0.2) is 5.78 Å². The number of hydrogen-bond acceptors (Lipinski definition) is 1. The van der Waals surface area contributed by atoms with Crippen molar-refractivity contribution in [3.8, 4) is 0 Å². The Morgan fingerprint density at radius 2 is 1.80 bits per heavy atom. The Labute approximate surface area is 119 Å².